The Morgan fingerprint density at radius 2 is 1.83 bits per heavy atom. The van der Waals surface area contributed by atoms with E-state index >= 15 is 0 Å². The minimum Gasteiger partial charge on any atom is -0.331 e. The summed E-state index contributed by atoms with van der Waals surface area (Å²) in [6, 6.07) is 0. The minimum absolute atomic E-state index is 0.0979. The first-order valence-corrected chi connectivity index (χ1v) is 5.98. The number of hydrogen-bond donors (Lipinski definition) is 1. The Labute approximate surface area is 107 Å². The monoisotopic (exact) mass is 245 g/mol. The number of aromatic nitrogens is 4. The van der Waals surface area contributed by atoms with Gasteiger partial charge in [-0.3, -0.25) is 0 Å². The van der Waals surface area contributed by atoms with Crippen LogP contribution in [0, 0.1) is 0 Å². The second kappa shape index (κ2) is 4.86. The lowest BCUT2D eigenvalue weighted by atomic mass is 10.1. The van der Waals surface area contributed by atoms with Crippen LogP contribution in [0.25, 0.3) is 11.5 Å². The molecule has 5 heteroatoms. The van der Waals surface area contributed by atoms with Crippen LogP contribution in [0.5, 0.6) is 0 Å². The van der Waals surface area contributed by atoms with Gasteiger partial charge in [0.05, 0.1) is 12.5 Å². The summed E-state index contributed by atoms with van der Waals surface area (Å²) < 4.78 is 1.91. The molecule has 2 rings (SSSR count). The van der Waals surface area contributed by atoms with Gasteiger partial charge in [-0.15, -0.1) is 0 Å². The van der Waals surface area contributed by atoms with Crippen molar-refractivity contribution in [2.24, 2.45) is 7.05 Å². The molecule has 0 saturated carbocycles. The summed E-state index contributed by atoms with van der Waals surface area (Å²) >= 11 is 0. The normalized spacial score (nSPS) is 11.8. The van der Waals surface area contributed by atoms with E-state index in [1.807, 2.05) is 24.0 Å². The Morgan fingerprint density at radius 3 is 2.33 bits per heavy atom. The molecular weight excluding hydrogens is 226 g/mol. The molecule has 0 fully saturated rings. The first kappa shape index (κ1) is 12.7. The van der Waals surface area contributed by atoms with Crippen LogP contribution in [0.3, 0.4) is 0 Å². The van der Waals surface area contributed by atoms with Crippen molar-refractivity contribution >= 4 is 0 Å². The lowest BCUT2D eigenvalue weighted by molar-refractivity contribution is 0.423. The van der Waals surface area contributed by atoms with Crippen LogP contribution in [0.1, 0.15) is 26.3 Å². The fourth-order valence-electron chi connectivity index (χ4n) is 1.52. The van der Waals surface area contributed by atoms with Gasteiger partial charge in [-0.1, -0.05) is 0 Å². The van der Waals surface area contributed by atoms with E-state index in [2.05, 4.69) is 41.0 Å². The molecule has 1 N–H and O–H groups in total. The molecule has 2 aromatic rings. The van der Waals surface area contributed by atoms with E-state index in [0.29, 0.717) is 5.82 Å². The van der Waals surface area contributed by atoms with Gasteiger partial charge >= 0.3 is 0 Å². The Morgan fingerprint density at radius 1 is 1.17 bits per heavy atom. The van der Waals surface area contributed by atoms with Gasteiger partial charge < -0.3 is 9.88 Å². The predicted molar refractivity (Wildman–Crippen MR) is 70.8 cm³/mol. The largest absolute Gasteiger partial charge is 0.331 e. The highest BCUT2D eigenvalue weighted by Gasteiger charge is 2.09. The molecule has 0 atom stereocenters. The van der Waals surface area contributed by atoms with Crippen molar-refractivity contribution in [1.82, 2.24) is 24.8 Å². The molecule has 0 aliphatic heterocycles. The van der Waals surface area contributed by atoms with E-state index in [0.717, 1.165) is 17.8 Å². The van der Waals surface area contributed by atoms with Crippen molar-refractivity contribution in [2.75, 3.05) is 0 Å². The van der Waals surface area contributed by atoms with Gasteiger partial charge in [0.1, 0.15) is 5.69 Å². The van der Waals surface area contributed by atoms with Crippen molar-refractivity contribution in [3.63, 3.8) is 0 Å². The second-order valence-electron chi connectivity index (χ2n) is 5.41. The van der Waals surface area contributed by atoms with Gasteiger partial charge in [-0.25, -0.2) is 15.0 Å². The molecule has 18 heavy (non-hydrogen) atoms. The predicted octanol–water partition coefficient (Wildman–Crippen LogP) is 1.77. The molecule has 2 aromatic heterocycles. The van der Waals surface area contributed by atoms with E-state index in [4.69, 9.17) is 0 Å². The molecule has 0 unspecified atom stereocenters. The maximum absolute atomic E-state index is 4.37. The third-order valence-corrected chi connectivity index (χ3v) is 2.57. The summed E-state index contributed by atoms with van der Waals surface area (Å²) in [4.78, 5) is 12.8. The van der Waals surface area contributed by atoms with E-state index in [1.165, 1.54) is 0 Å². The van der Waals surface area contributed by atoms with Gasteiger partial charge in [0.2, 0.25) is 0 Å². The zero-order valence-electron chi connectivity index (χ0n) is 11.3. The van der Waals surface area contributed by atoms with Gasteiger partial charge in [0.15, 0.2) is 5.82 Å². The summed E-state index contributed by atoms with van der Waals surface area (Å²) in [6.07, 6.45) is 7.22. The quantitative estimate of drug-likeness (QED) is 0.895. The summed E-state index contributed by atoms with van der Waals surface area (Å²) in [5, 5.41) is 3.41. The molecule has 0 radical (unpaired) electrons. The van der Waals surface area contributed by atoms with Gasteiger partial charge in [-0.05, 0) is 20.8 Å². The molecule has 0 amide bonds. The van der Waals surface area contributed by atoms with E-state index in [9.17, 15) is 0 Å². The summed E-state index contributed by atoms with van der Waals surface area (Å²) in [5.74, 6) is 0.703. The Balaban J connectivity index is 2.09. The second-order valence-corrected chi connectivity index (χ2v) is 5.41. The van der Waals surface area contributed by atoms with Crippen molar-refractivity contribution in [3.8, 4) is 11.5 Å². The fourth-order valence-corrected chi connectivity index (χ4v) is 1.52. The van der Waals surface area contributed by atoms with Crippen LogP contribution >= 0.6 is 0 Å². The first-order chi connectivity index (χ1) is 8.46. The summed E-state index contributed by atoms with van der Waals surface area (Å²) in [5.41, 5.74) is 2.10. The Kier molecular flexibility index (Phi) is 3.43. The highest BCUT2D eigenvalue weighted by atomic mass is 15.1. The maximum atomic E-state index is 4.37. The van der Waals surface area contributed by atoms with Gasteiger partial charge in [-0.2, -0.15) is 0 Å². The maximum Gasteiger partial charge on any atom is 0.177 e. The smallest absolute Gasteiger partial charge is 0.177 e. The average Bonchev–Trinajstić information content (AvgIpc) is 2.73. The third-order valence-electron chi connectivity index (χ3n) is 2.57. The summed E-state index contributed by atoms with van der Waals surface area (Å²) in [7, 11) is 1.93. The molecule has 5 nitrogen and oxygen atoms in total. The van der Waals surface area contributed by atoms with Gasteiger partial charge in [0, 0.05) is 37.1 Å². The average molecular weight is 245 g/mol. The zero-order valence-corrected chi connectivity index (χ0v) is 11.3. The first-order valence-electron chi connectivity index (χ1n) is 5.98. The highest BCUT2D eigenvalue weighted by Crippen LogP contribution is 2.12. The molecule has 0 saturated heterocycles. The molecular formula is C13H19N5. The molecule has 0 aromatic carbocycles. The Bertz CT molecular complexity index is 507. The minimum atomic E-state index is 0.0979. The number of hydrogen-bond acceptors (Lipinski definition) is 4. The van der Waals surface area contributed by atoms with Crippen molar-refractivity contribution in [1.29, 1.82) is 0 Å². The number of nitrogens with one attached hydrogen (secondary N) is 1. The molecule has 96 valence electrons. The number of imidazole rings is 1. The topological polar surface area (TPSA) is 55.6 Å². The van der Waals surface area contributed by atoms with Crippen LogP contribution in [0.2, 0.25) is 0 Å². The summed E-state index contributed by atoms with van der Waals surface area (Å²) in [6.45, 7) is 7.18. The van der Waals surface area contributed by atoms with Gasteiger partial charge in [0.25, 0.3) is 0 Å². The Hall–Kier alpha value is -1.75. The van der Waals surface area contributed by atoms with Crippen molar-refractivity contribution in [3.05, 3.63) is 30.5 Å². The van der Waals surface area contributed by atoms with Crippen LogP contribution in [0.15, 0.2) is 24.9 Å². The fraction of sp³-hybridized carbons (Fsp3) is 0.462. The highest BCUT2D eigenvalue weighted by molar-refractivity contribution is 5.47. The van der Waals surface area contributed by atoms with E-state index in [1.54, 1.807) is 12.5 Å². The molecule has 0 spiro atoms. The molecule has 2 heterocycles. The standard InChI is InChI=1S/C13H19N5/c1-13(2,3)17-7-10-5-15-12(16-6-10)11-8-14-9-18(11)4/h5-6,8-9,17H,7H2,1-4H3. The lowest BCUT2D eigenvalue weighted by Crippen LogP contribution is -2.35. The van der Waals surface area contributed by atoms with Crippen LogP contribution in [-0.4, -0.2) is 25.1 Å². The molecule has 0 bridgehead atoms. The number of aryl methyl sites for hydroxylation is 1. The lowest BCUT2D eigenvalue weighted by Gasteiger charge is -2.20. The van der Waals surface area contributed by atoms with Crippen molar-refractivity contribution < 1.29 is 0 Å². The zero-order chi connectivity index (χ0) is 13.2. The molecule has 0 aliphatic carbocycles. The number of nitrogens with zero attached hydrogens (tertiary/aromatic N) is 4. The van der Waals surface area contributed by atoms with Crippen LogP contribution < -0.4 is 5.32 Å². The van der Waals surface area contributed by atoms with Crippen molar-refractivity contribution in [2.45, 2.75) is 32.9 Å². The van der Waals surface area contributed by atoms with Crippen LogP contribution in [-0.2, 0) is 13.6 Å². The van der Waals surface area contributed by atoms with Crippen LogP contribution in [0.4, 0.5) is 0 Å². The third kappa shape index (κ3) is 3.13. The molecule has 0 aliphatic rings. The van der Waals surface area contributed by atoms with E-state index in [-0.39, 0.29) is 5.54 Å². The van der Waals surface area contributed by atoms with E-state index < -0.39 is 0 Å². The SMILES string of the molecule is Cn1cncc1-c1ncc(CNC(C)(C)C)cn1. The number of rotatable bonds is 3.